The number of carbonyl (C=O) groups excluding carboxylic acids is 1. The molecule has 0 amide bonds. The maximum Gasteiger partial charge on any atom is 0.338 e. The molecule has 0 aliphatic carbocycles. The first kappa shape index (κ1) is 17.5. The minimum atomic E-state index is -0.500. The highest BCUT2D eigenvalue weighted by Gasteiger charge is 2.12. The first-order valence-electron chi connectivity index (χ1n) is 8.34. The maximum absolute atomic E-state index is 13.0. The first-order chi connectivity index (χ1) is 13.7. The van der Waals surface area contributed by atoms with Gasteiger partial charge in [0.25, 0.3) is 5.89 Å². The Labute approximate surface area is 158 Å². The predicted molar refractivity (Wildman–Crippen MR) is 94.4 cm³/mol. The molecule has 0 atom stereocenters. The largest absolute Gasteiger partial charge is 0.454 e. The Balaban J connectivity index is 1.34. The third-order valence-electron chi connectivity index (χ3n) is 3.89. The smallest absolute Gasteiger partial charge is 0.338 e. The van der Waals surface area contributed by atoms with E-state index in [9.17, 15) is 9.18 Å². The third-order valence-corrected chi connectivity index (χ3v) is 3.89. The molecule has 2 heterocycles. The van der Waals surface area contributed by atoms with Crippen LogP contribution in [0.5, 0.6) is 0 Å². The highest BCUT2D eigenvalue weighted by atomic mass is 19.1. The monoisotopic (exact) mass is 379 g/mol. The summed E-state index contributed by atoms with van der Waals surface area (Å²) in [6.45, 7) is 0.425. The van der Waals surface area contributed by atoms with E-state index in [0.29, 0.717) is 17.7 Å². The second-order valence-electron chi connectivity index (χ2n) is 5.89. The molecule has 0 radical (unpaired) electrons. The molecule has 0 aliphatic rings. The summed E-state index contributed by atoms with van der Waals surface area (Å²) in [5, 5.41) is 7.80. The maximum atomic E-state index is 13.0. The zero-order valence-electron chi connectivity index (χ0n) is 14.5. The van der Waals surface area contributed by atoms with Crippen molar-refractivity contribution in [2.75, 3.05) is 0 Å². The van der Waals surface area contributed by atoms with Crippen molar-refractivity contribution in [1.82, 2.24) is 24.9 Å². The van der Waals surface area contributed by atoms with Crippen LogP contribution in [0.1, 0.15) is 21.7 Å². The number of hydrogen-bond acceptors (Lipinski definition) is 7. The van der Waals surface area contributed by atoms with E-state index in [1.165, 1.54) is 30.6 Å². The van der Waals surface area contributed by atoms with Gasteiger partial charge in [0, 0.05) is 5.56 Å². The minimum Gasteiger partial charge on any atom is -0.454 e. The van der Waals surface area contributed by atoms with Crippen LogP contribution in [0.4, 0.5) is 4.39 Å². The molecule has 0 aliphatic heterocycles. The number of carbonyl (C=O) groups is 1. The van der Waals surface area contributed by atoms with E-state index in [-0.39, 0.29) is 24.1 Å². The molecule has 0 saturated carbocycles. The van der Waals surface area contributed by atoms with E-state index in [0.717, 1.165) is 5.56 Å². The lowest BCUT2D eigenvalue weighted by molar-refractivity contribution is 0.0459. The Kier molecular flexibility index (Phi) is 4.87. The van der Waals surface area contributed by atoms with Gasteiger partial charge >= 0.3 is 5.97 Å². The lowest BCUT2D eigenvalue weighted by atomic mass is 10.1. The van der Waals surface area contributed by atoms with Gasteiger partial charge in [-0.25, -0.2) is 18.9 Å². The van der Waals surface area contributed by atoms with Gasteiger partial charge in [-0.2, -0.15) is 10.1 Å². The van der Waals surface area contributed by atoms with E-state index >= 15 is 0 Å². The zero-order valence-corrected chi connectivity index (χ0v) is 14.5. The number of rotatable bonds is 6. The average molecular weight is 379 g/mol. The Bertz CT molecular complexity index is 1060. The third kappa shape index (κ3) is 4.09. The summed E-state index contributed by atoms with van der Waals surface area (Å²) < 4.78 is 25.0. The molecule has 0 spiro atoms. The molecular weight excluding hydrogens is 365 g/mol. The lowest BCUT2D eigenvalue weighted by Gasteiger charge is -2.04. The Morgan fingerprint density at radius 3 is 2.61 bits per heavy atom. The Morgan fingerprint density at radius 1 is 1.11 bits per heavy atom. The normalized spacial score (nSPS) is 10.8. The molecule has 0 N–H and O–H groups in total. The molecule has 0 fully saturated rings. The minimum absolute atomic E-state index is 0.135. The molecule has 0 bridgehead atoms. The fourth-order valence-corrected chi connectivity index (χ4v) is 2.48. The summed E-state index contributed by atoms with van der Waals surface area (Å²) in [5.74, 6) is -0.413. The standard InChI is InChI=1S/C19H14FN5O3/c20-16-7-5-14(6-8-16)18-23-17(24-28-18)10-27-19(26)15-3-1-13(2-4-15)9-25-12-21-11-22-25/h1-8,11-12H,9-10H2. The quantitative estimate of drug-likeness (QED) is 0.475. The average Bonchev–Trinajstić information content (AvgIpc) is 3.39. The number of aromatic nitrogens is 5. The second kappa shape index (κ2) is 7.78. The van der Waals surface area contributed by atoms with Crippen LogP contribution >= 0.6 is 0 Å². The predicted octanol–water partition coefficient (Wildman–Crippen LogP) is 2.87. The van der Waals surface area contributed by atoms with Gasteiger partial charge in [0.15, 0.2) is 6.61 Å². The van der Waals surface area contributed by atoms with E-state index < -0.39 is 5.97 Å². The number of benzene rings is 2. The molecule has 8 nitrogen and oxygen atoms in total. The molecule has 2 aromatic carbocycles. The molecule has 9 heteroatoms. The van der Waals surface area contributed by atoms with Gasteiger partial charge in [0.2, 0.25) is 5.82 Å². The van der Waals surface area contributed by atoms with Crippen LogP contribution in [0, 0.1) is 5.82 Å². The van der Waals surface area contributed by atoms with Crippen molar-refractivity contribution in [3.8, 4) is 11.5 Å². The number of nitrogens with zero attached hydrogens (tertiary/aromatic N) is 5. The topological polar surface area (TPSA) is 95.9 Å². The van der Waals surface area contributed by atoms with Gasteiger partial charge in [-0.05, 0) is 42.0 Å². The van der Waals surface area contributed by atoms with Gasteiger partial charge in [0.05, 0.1) is 12.1 Å². The van der Waals surface area contributed by atoms with Crippen LogP contribution in [-0.4, -0.2) is 30.9 Å². The number of esters is 1. The van der Waals surface area contributed by atoms with E-state index in [1.54, 1.807) is 23.1 Å². The summed E-state index contributed by atoms with van der Waals surface area (Å²) in [4.78, 5) is 20.2. The molecule has 0 saturated heterocycles. The molecule has 140 valence electrons. The fraction of sp³-hybridized carbons (Fsp3) is 0.105. The molecule has 2 aromatic heterocycles. The van der Waals surface area contributed by atoms with Crippen molar-refractivity contribution in [3.05, 3.63) is 84.0 Å². The SMILES string of the molecule is O=C(OCc1noc(-c2ccc(F)cc2)n1)c1ccc(Cn2cncn2)cc1. The number of hydrogen-bond donors (Lipinski definition) is 0. The van der Waals surface area contributed by atoms with Gasteiger partial charge in [0.1, 0.15) is 18.5 Å². The highest BCUT2D eigenvalue weighted by Crippen LogP contribution is 2.17. The van der Waals surface area contributed by atoms with E-state index in [4.69, 9.17) is 9.26 Å². The van der Waals surface area contributed by atoms with Gasteiger partial charge < -0.3 is 9.26 Å². The van der Waals surface area contributed by atoms with Crippen molar-refractivity contribution in [3.63, 3.8) is 0 Å². The van der Waals surface area contributed by atoms with Crippen LogP contribution < -0.4 is 0 Å². The molecule has 4 aromatic rings. The Hall–Kier alpha value is -3.88. The second-order valence-corrected chi connectivity index (χ2v) is 5.89. The molecule has 28 heavy (non-hydrogen) atoms. The summed E-state index contributed by atoms with van der Waals surface area (Å²) >= 11 is 0. The Morgan fingerprint density at radius 2 is 1.89 bits per heavy atom. The summed E-state index contributed by atoms with van der Waals surface area (Å²) in [5.41, 5.74) is 1.96. The molecule has 0 unspecified atom stereocenters. The number of ether oxygens (including phenoxy) is 1. The van der Waals surface area contributed by atoms with Crippen molar-refractivity contribution >= 4 is 5.97 Å². The van der Waals surface area contributed by atoms with Crippen LogP contribution in [0.25, 0.3) is 11.5 Å². The van der Waals surface area contributed by atoms with E-state index in [1.807, 2.05) is 12.1 Å². The number of halogens is 1. The lowest BCUT2D eigenvalue weighted by Crippen LogP contribution is -2.07. The summed E-state index contributed by atoms with van der Waals surface area (Å²) in [6.07, 6.45) is 3.08. The fourth-order valence-electron chi connectivity index (χ4n) is 2.48. The summed E-state index contributed by atoms with van der Waals surface area (Å²) in [6, 6.07) is 12.6. The van der Waals surface area contributed by atoms with Crippen LogP contribution in [0.2, 0.25) is 0 Å². The van der Waals surface area contributed by atoms with Crippen LogP contribution in [0.15, 0.2) is 65.7 Å². The summed E-state index contributed by atoms with van der Waals surface area (Å²) in [7, 11) is 0. The van der Waals surface area contributed by atoms with Gasteiger partial charge in [-0.1, -0.05) is 17.3 Å². The van der Waals surface area contributed by atoms with Crippen molar-refractivity contribution < 1.29 is 18.4 Å². The first-order valence-corrected chi connectivity index (χ1v) is 8.34. The van der Waals surface area contributed by atoms with Crippen LogP contribution in [0.3, 0.4) is 0 Å². The van der Waals surface area contributed by atoms with Crippen molar-refractivity contribution in [1.29, 1.82) is 0 Å². The van der Waals surface area contributed by atoms with E-state index in [2.05, 4.69) is 20.2 Å². The van der Waals surface area contributed by atoms with Crippen molar-refractivity contribution in [2.45, 2.75) is 13.2 Å². The van der Waals surface area contributed by atoms with Crippen LogP contribution in [-0.2, 0) is 17.9 Å². The molecular formula is C19H14FN5O3. The molecule has 4 rings (SSSR count). The van der Waals surface area contributed by atoms with Gasteiger partial charge in [-0.15, -0.1) is 0 Å². The highest BCUT2D eigenvalue weighted by molar-refractivity contribution is 5.89. The van der Waals surface area contributed by atoms with Crippen molar-refractivity contribution in [2.24, 2.45) is 0 Å². The zero-order chi connectivity index (χ0) is 19.3. The van der Waals surface area contributed by atoms with Gasteiger partial charge in [-0.3, -0.25) is 0 Å².